The second kappa shape index (κ2) is 10.0. The SMILES string of the molecule is N#Cc1cccc(C#N)c1-c1cc(-c2ccccc2)c(-n2c3ccccc3c3ccccc32)cc1-c1ccccc1. The summed E-state index contributed by atoms with van der Waals surface area (Å²) in [5, 5.41) is 22.6. The first-order chi connectivity index (χ1) is 20.3. The lowest BCUT2D eigenvalue weighted by Crippen LogP contribution is -2.01. The van der Waals surface area contributed by atoms with Crippen LogP contribution in [0.3, 0.4) is 0 Å². The van der Waals surface area contributed by atoms with E-state index < -0.39 is 0 Å². The van der Waals surface area contributed by atoms with Crippen LogP contribution in [0.2, 0.25) is 0 Å². The van der Waals surface area contributed by atoms with Gasteiger partial charge in [-0.05, 0) is 58.7 Å². The minimum Gasteiger partial charge on any atom is -0.309 e. The van der Waals surface area contributed by atoms with Crippen LogP contribution in [0.1, 0.15) is 11.1 Å². The smallest absolute Gasteiger partial charge is 0.0998 e. The van der Waals surface area contributed by atoms with Crippen LogP contribution in [0.25, 0.3) is 60.9 Å². The fourth-order valence-electron chi connectivity index (χ4n) is 5.90. The predicted octanol–water partition coefficient (Wildman–Crippen LogP) is 9.53. The van der Waals surface area contributed by atoms with Gasteiger partial charge in [-0.3, -0.25) is 0 Å². The quantitative estimate of drug-likeness (QED) is 0.232. The van der Waals surface area contributed by atoms with Gasteiger partial charge in [-0.15, -0.1) is 0 Å². The van der Waals surface area contributed by atoms with Gasteiger partial charge < -0.3 is 4.57 Å². The largest absolute Gasteiger partial charge is 0.309 e. The Bertz CT molecular complexity index is 2070. The number of fused-ring (bicyclic) bond motifs is 3. The molecule has 190 valence electrons. The van der Waals surface area contributed by atoms with Crippen molar-refractivity contribution < 1.29 is 0 Å². The van der Waals surface area contributed by atoms with Crippen molar-refractivity contribution in [2.45, 2.75) is 0 Å². The number of hydrogen-bond donors (Lipinski definition) is 0. The average Bonchev–Trinajstić information content (AvgIpc) is 3.39. The molecule has 7 rings (SSSR count). The highest BCUT2D eigenvalue weighted by atomic mass is 15.0. The van der Waals surface area contributed by atoms with E-state index in [-0.39, 0.29) is 0 Å². The van der Waals surface area contributed by atoms with Gasteiger partial charge in [0.2, 0.25) is 0 Å². The summed E-state index contributed by atoms with van der Waals surface area (Å²) in [6, 6.07) is 51.9. The van der Waals surface area contributed by atoms with E-state index in [1.54, 1.807) is 18.2 Å². The maximum absolute atomic E-state index is 10.1. The lowest BCUT2D eigenvalue weighted by Gasteiger charge is -2.21. The molecule has 0 fully saturated rings. The van der Waals surface area contributed by atoms with Gasteiger partial charge in [-0.1, -0.05) is 103 Å². The Morgan fingerprint density at radius 2 is 0.927 bits per heavy atom. The van der Waals surface area contributed by atoms with Crippen LogP contribution in [0, 0.1) is 22.7 Å². The first-order valence-corrected chi connectivity index (χ1v) is 13.5. The molecule has 0 amide bonds. The van der Waals surface area contributed by atoms with Crippen molar-refractivity contribution in [3.63, 3.8) is 0 Å². The van der Waals surface area contributed by atoms with E-state index in [1.807, 2.05) is 36.4 Å². The van der Waals surface area contributed by atoms with Gasteiger partial charge in [0.05, 0.1) is 40.0 Å². The maximum atomic E-state index is 10.1. The van der Waals surface area contributed by atoms with Crippen LogP contribution >= 0.6 is 0 Å². The molecule has 0 saturated heterocycles. The summed E-state index contributed by atoms with van der Waals surface area (Å²) in [7, 11) is 0. The van der Waals surface area contributed by atoms with E-state index in [0.29, 0.717) is 16.7 Å². The number of para-hydroxylation sites is 2. The molecule has 0 aliphatic carbocycles. The molecule has 6 aromatic carbocycles. The second-order valence-electron chi connectivity index (χ2n) is 9.97. The van der Waals surface area contributed by atoms with Crippen molar-refractivity contribution in [3.05, 3.63) is 151 Å². The van der Waals surface area contributed by atoms with E-state index >= 15 is 0 Å². The molecule has 41 heavy (non-hydrogen) atoms. The summed E-state index contributed by atoms with van der Waals surface area (Å²) in [6.45, 7) is 0. The molecule has 1 heterocycles. The normalized spacial score (nSPS) is 10.9. The zero-order valence-electron chi connectivity index (χ0n) is 22.1. The molecule has 3 nitrogen and oxygen atoms in total. The molecule has 0 atom stereocenters. The maximum Gasteiger partial charge on any atom is 0.0998 e. The van der Waals surface area contributed by atoms with Crippen molar-refractivity contribution in [2.24, 2.45) is 0 Å². The highest BCUT2D eigenvalue weighted by Gasteiger charge is 2.22. The molecule has 0 unspecified atom stereocenters. The number of hydrogen-bond acceptors (Lipinski definition) is 2. The van der Waals surface area contributed by atoms with Crippen LogP contribution in [-0.4, -0.2) is 4.57 Å². The van der Waals surface area contributed by atoms with Crippen LogP contribution in [0.5, 0.6) is 0 Å². The van der Waals surface area contributed by atoms with Crippen molar-refractivity contribution in [3.8, 4) is 51.2 Å². The summed E-state index contributed by atoms with van der Waals surface area (Å²) < 4.78 is 2.34. The number of rotatable bonds is 4. The number of aromatic nitrogens is 1. The molecule has 0 aliphatic heterocycles. The number of nitrogens with zero attached hydrogens (tertiary/aromatic N) is 3. The van der Waals surface area contributed by atoms with Gasteiger partial charge in [0.15, 0.2) is 0 Å². The molecular weight excluding hydrogens is 498 g/mol. The Morgan fingerprint density at radius 3 is 1.46 bits per heavy atom. The lowest BCUT2D eigenvalue weighted by molar-refractivity contribution is 1.18. The van der Waals surface area contributed by atoms with Crippen LogP contribution < -0.4 is 0 Å². The van der Waals surface area contributed by atoms with Crippen LogP contribution in [-0.2, 0) is 0 Å². The van der Waals surface area contributed by atoms with Crippen molar-refractivity contribution >= 4 is 21.8 Å². The molecule has 0 bridgehead atoms. The van der Waals surface area contributed by atoms with Gasteiger partial charge in [0.25, 0.3) is 0 Å². The lowest BCUT2D eigenvalue weighted by atomic mass is 9.86. The van der Waals surface area contributed by atoms with E-state index in [4.69, 9.17) is 0 Å². The third-order valence-electron chi connectivity index (χ3n) is 7.70. The summed E-state index contributed by atoms with van der Waals surface area (Å²) in [6.07, 6.45) is 0. The molecule has 7 aromatic rings. The van der Waals surface area contributed by atoms with Crippen molar-refractivity contribution in [2.75, 3.05) is 0 Å². The Balaban J connectivity index is 1.68. The molecule has 1 aromatic heterocycles. The van der Waals surface area contributed by atoms with Crippen molar-refractivity contribution in [1.29, 1.82) is 10.5 Å². The molecule has 0 N–H and O–H groups in total. The average molecular weight is 522 g/mol. The molecule has 0 spiro atoms. The molecular formula is C38H23N3. The Labute approximate surface area is 238 Å². The van der Waals surface area contributed by atoms with Gasteiger partial charge in [0.1, 0.15) is 0 Å². The molecule has 0 saturated carbocycles. The Kier molecular flexibility index (Phi) is 5.90. The van der Waals surface area contributed by atoms with Gasteiger partial charge >= 0.3 is 0 Å². The van der Waals surface area contributed by atoms with E-state index in [1.165, 1.54) is 10.8 Å². The minimum absolute atomic E-state index is 0.477. The first-order valence-electron chi connectivity index (χ1n) is 13.5. The first kappa shape index (κ1) is 24.2. The number of benzene rings is 6. The summed E-state index contributed by atoms with van der Waals surface area (Å²) in [5.41, 5.74) is 9.78. The van der Waals surface area contributed by atoms with Gasteiger partial charge in [-0.2, -0.15) is 10.5 Å². The highest BCUT2D eigenvalue weighted by molar-refractivity contribution is 6.10. The zero-order chi connectivity index (χ0) is 27.8. The summed E-state index contributed by atoms with van der Waals surface area (Å²) >= 11 is 0. The van der Waals surface area contributed by atoms with Crippen LogP contribution in [0.4, 0.5) is 0 Å². The monoisotopic (exact) mass is 521 g/mol. The fraction of sp³-hybridized carbons (Fsp3) is 0. The Hall–Kier alpha value is -5.90. The predicted molar refractivity (Wildman–Crippen MR) is 167 cm³/mol. The zero-order valence-corrected chi connectivity index (χ0v) is 22.1. The van der Waals surface area contributed by atoms with E-state index in [2.05, 4.69) is 102 Å². The molecule has 0 aliphatic rings. The topological polar surface area (TPSA) is 52.5 Å². The van der Waals surface area contributed by atoms with E-state index in [0.717, 1.165) is 44.5 Å². The third kappa shape index (κ3) is 3.97. The standard InChI is InChI=1S/C38H23N3/c39-24-28-16-11-17-29(25-40)38(28)34-22-33(27-14-5-2-6-15-27)37(23-32(34)26-12-3-1-4-13-26)41-35-20-9-7-18-30(35)31-19-8-10-21-36(31)41/h1-23H. The molecule has 3 heteroatoms. The molecule has 0 radical (unpaired) electrons. The van der Waals surface area contributed by atoms with Crippen LogP contribution in [0.15, 0.2) is 140 Å². The van der Waals surface area contributed by atoms with E-state index in [9.17, 15) is 10.5 Å². The van der Waals surface area contributed by atoms with Crippen molar-refractivity contribution in [1.82, 2.24) is 4.57 Å². The summed E-state index contributed by atoms with van der Waals surface area (Å²) in [5.74, 6) is 0. The fourth-order valence-corrected chi connectivity index (χ4v) is 5.90. The van der Waals surface area contributed by atoms with Gasteiger partial charge in [0, 0.05) is 21.9 Å². The number of nitriles is 2. The third-order valence-corrected chi connectivity index (χ3v) is 7.70. The summed E-state index contributed by atoms with van der Waals surface area (Å²) in [4.78, 5) is 0. The van der Waals surface area contributed by atoms with Gasteiger partial charge in [-0.25, -0.2) is 0 Å². The Morgan fingerprint density at radius 1 is 0.439 bits per heavy atom. The highest BCUT2D eigenvalue weighted by Crippen LogP contribution is 2.44. The second-order valence-corrected chi connectivity index (χ2v) is 9.97. The minimum atomic E-state index is 0.477.